The lowest BCUT2D eigenvalue weighted by atomic mass is 9.99. The molecule has 0 saturated carbocycles. The van der Waals surface area contributed by atoms with Crippen molar-refractivity contribution in [3.05, 3.63) is 41.6 Å². The summed E-state index contributed by atoms with van der Waals surface area (Å²) < 4.78 is 0. The number of nitrogens with one attached hydrogen (secondary N) is 1. The highest BCUT2D eigenvalue weighted by Crippen LogP contribution is 2.29. The summed E-state index contributed by atoms with van der Waals surface area (Å²) in [5.74, 6) is 0.570. The minimum Gasteiger partial charge on any atom is -0.395 e. The number of aliphatic hydroxyl groups is 2. The van der Waals surface area contributed by atoms with Gasteiger partial charge in [0.15, 0.2) is 5.82 Å². The number of nitroso groups, excluding NO2 is 1. The molecule has 8 heteroatoms. The van der Waals surface area contributed by atoms with E-state index in [1.165, 1.54) is 0 Å². The summed E-state index contributed by atoms with van der Waals surface area (Å²) in [4.78, 5) is 21.9. The van der Waals surface area contributed by atoms with E-state index < -0.39 is 0 Å². The fraction of sp³-hybridized carbons (Fsp3) is 0.545. The molecule has 2 heterocycles. The highest BCUT2D eigenvalue weighted by molar-refractivity contribution is 5.72. The van der Waals surface area contributed by atoms with Crippen LogP contribution in [0.5, 0.6) is 0 Å². The monoisotopic (exact) mass is 413 g/mol. The Labute approximate surface area is 177 Å². The van der Waals surface area contributed by atoms with E-state index in [-0.39, 0.29) is 18.8 Å². The SMILES string of the molecule is O=Nc1cc(-c2ncccn2)ccc1NCCCCCCN1CC[C@@H](O)C[C@H]1CO. The van der Waals surface area contributed by atoms with Gasteiger partial charge in [-0.2, -0.15) is 0 Å². The lowest BCUT2D eigenvalue weighted by Gasteiger charge is -2.36. The molecule has 0 amide bonds. The van der Waals surface area contributed by atoms with E-state index in [9.17, 15) is 15.1 Å². The summed E-state index contributed by atoms with van der Waals surface area (Å²) in [5.41, 5.74) is 1.85. The maximum absolute atomic E-state index is 11.2. The van der Waals surface area contributed by atoms with Crippen molar-refractivity contribution in [1.29, 1.82) is 0 Å². The molecule has 0 spiro atoms. The molecular formula is C22H31N5O3. The van der Waals surface area contributed by atoms with Gasteiger partial charge in [0, 0.05) is 37.1 Å². The van der Waals surface area contributed by atoms with Gasteiger partial charge in [-0.05, 0) is 61.7 Å². The molecule has 0 unspecified atom stereocenters. The van der Waals surface area contributed by atoms with Crippen molar-refractivity contribution in [2.75, 3.05) is 31.6 Å². The van der Waals surface area contributed by atoms with Crippen LogP contribution in [0.2, 0.25) is 0 Å². The quantitative estimate of drug-likeness (QED) is 0.383. The molecule has 1 aromatic heterocycles. The lowest BCUT2D eigenvalue weighted by Crippen LogP contribution is -2.46. The molecule has 1 aromatic carbocycles. The highest BCUT2D eigenvalue weighted by Gasteiger charge is 2.26. The molecule has 1 fully saturated rings. The molecule has 0 bridgehead atoms. The van der Waals surface area contributed by atoms with Crippen LogP contribution in [0.4, 0.5) is 11.4 Å². The largest absolute Gasteiger partial charge is 0.395 e. The van der Waals surface area contributed by atoms with Crippen LogP contribution in [0.25, 0.3) is 11.4 Å². The summed E-state index contributed by atoms with van der Waals surface area (Å²) >= 11 is 0. The Bertz CT molecular complexity index is 790. The highest BCUT2D eigenvalue weighted by atomic mass is 16.3. The third-order valence-electron chi connectivity index (χ3n) is 5.63. The molecule has 0 radical (unpaired) electrons. The molecule has 3 rings (SSSR count). The number of aliphatic hydroxyl groups excluding tert-OH is 2. The van der Waals surface area contributed by atoms with Crippen molar-refractivity contribution >= 4 is 11.4 Å². The van der Waals surface area contributed by atoms with Gasteiger partial charge in [0.1, 0.15) is 5.69 Å². The van der Waals surface area contributed by atoms with Crippen LogP contribution in [-0.2, 0) is 0 Å². The fourth-order valence-electron chi connectivity index (χ4n) is 3.92. The van der Waals surface area contributed by atoms with Crippen LogP contribution >= 0.6 is 0 Å². The fourth-order valence-corrected chi connectivity index (χ4v) is 3.92. The number of likely N-dealkylation sites (tertiary alicyclic amines) is 1. The predicted octanol–water partition coefficient (Wildman–Crippen LogP) is 3.33. The van der Waals surface area contributed by atoms with Crippen molar-refractivity contribution in [2.24, 2.45) is 5.18 Å². The van der Waals surface area contributed by atoms with Gasteiger partial charge in [0.2, 0.25) is 0 Å². The van der Waals surface area contributed by atoms with Crippen LogP contribution < -0.4 is 5.32 Å². The van der Waals surface area contributed by atoms with E-state index in [1.807, 2.05) is 12.1 Å². The normalized spacial score (nSPS) is 19.5. The zero-order chi connectivity index (χ0) is 21.2. The Hall–Kier alpha value is -2.42. The van der Waals surface area contributed by atoms with Crippen LogP contribution in [0, 0.1) is 4.91 Å². The minimum absolute atomic E-state index is 0.0916. The van der Waals surface area contributed by atoms with E-state index in [2.05, 4.69) is 25.4 Å². The van der Waals surface area contributed by atoms with Gasteiger partial charge in [0.05, 0.1) is 18.4 Å². The zero-order valence-corrected chi connectivity index (χ0v) is 17.3. The number of aromatic nitrogens is 2. The van der Waals surface area contributed by atoms with Crippen LogP contribution in [-0.4, -0.2) is 63.5 Å². The Morgan fingerprint density at radius 3 is 2.73 bits per heavy atom. The average molecular weight is 414 g/mol. The summed E-state index contributed by atoms with van der Waals surface area (Å²) in [6.45, 7) is 2.72. The standard InChI is InChI=1S/C22H31N5O3/c28-16-18-15-19(29)8-13-27(18)12-4-2-1-3-9-23-20-7-6-17(14-21(20)26-30)22-24-10-5-11-25-22/h5-7,10-11,14,18-19,23,28-29H,1-4,8-9,12-13,15-16H2/t18-,19+/m0/s1. The van der Waals surface area contributed by atoms with Gasteiger partial charge in [-0.1, -0.05) is 12.8 Å². The zero-order valence-electron chi connectivity index (χ0n) is 17.3. The Balaban J connectivity index is 1.37. The molecule has 30 heavy (non-hydrogen) atoms. The summed E-state index contributed by atoms with van der Waals surface area (Å²) in [6, 6.07) is 7.29. The first kappa shape index (κ1) is 22.3. The van der Waals surface area contributed by atoms with E-state index in [4.69, 9.17) is 0 Å². The maximum atomic E-state index is 11.2. The molecule has 2 aromatic rings. The number of rotatable bonds is 11. The molecule has 2 atom stereocenters. The summed E-state index contributed by atoms with van der Waals surface area (Å²) in [7, 11) is 0. The number of benzene rings is 1. The molecule has 8 nitrogen and oxygen atoms in total. The topological polar surface area (TPSA) is 111 Å². The molecule has 0 aliphatic carbocycles. The van der Waals surface area contributed by atoms with Crippen LogP contribution in [0.3, 0.4) is 0 Å². The molecule has 1 aliphatic rings. The third kappa shape index (κ3) is 6.29. The van der Waals surface area contributed by atoms with Crippen molar-refractivity contribution in [1.82, 2.24) is 14.9 Å². The minimum atomic E-state index is -0.274. The first-order chi connectivity index (χ1) is 14.7. The van der Waals surface area contributed by atoms with E-state index in [0.29, 0.717) is 17.9 Å². The molecule has 162 valence electrons. The van der Waals surface area contributed by atoms with Crippen molar-refractivity contribution in [3.63, 3.8) is 0 Å². The average Bonchev–Trinajstić information content (AvgIpc) is 2.79. The second-order valence-electron chi connectivity index (χ2n) is 7.79. The Kier molecular flexibility index (Phi) is 8.67. The second-order valence-corrected chi connectivity index (χ2v) is 7.79. The molecule has 3 N–H and O–H groups in total. The van der Waals surface area contributed by atoms with Crippen molar-refractivity contribution in [3.8, 4) is 11.4 Å². The number of nitrogens with zero attached hydrogens (tertiary/aromatic N) is 4. The molecule has 1 saturated heterocycles. The van der Waals surface area contributed by atoms with Gasteiger partial charge in [-0.15, -0.1) is 4.91 Å². The number of piperidine rings is 1. The van der Waals surface area contributed by atoms with Crippen molar-refractivity contribution < 1.29 is 10.2 Å². The van der Waals surface area contributed by atoms with Crippen molar-refractivity contribution in [2.45, 2.75) is 50.7 Å². The smallest absolute Gasteiger partial charge is 0.159 e. The Morgan fingerprint density at radius 1 is 1.17 bits per heavy atom. The van der Waals surface area contributed by atoms with Gasteiger partial charge >= 0.3 is 0 Å². The maximum Gasteiger partial charge on any atom is 0.159 e. The van der Waals surface area contributed by atoms with Gasteiger partial charge in [-0.3, -0.25) is 4.90 Å². The van der Waals surface area contributed by atoms with Gasteiger partial charge in [0.25, 0.3) is 0 Å². The lowest BCUT2D eigenvalue weighted by molar-refractivity contribution is 0.0163. The Morgan fingerprint density at radius 2 is 1.97 bits per heavy atom. The van der Waals surface area contributed by atoms with Gasteiger partial charge in [-0.25, -0.2) is 9.97 Å². The predicted molar refractivity (Wildman–Crippen MR) is 118 cm³/mol. The number of anilines is 1. The van der Waals surface area contributed by atoms with Crippen LogP contribution in [0.1, 0.15) is 38.5 Å². The number of hydrogen-bond acceptors (Lipinski definition) is 8. The summed E-state index contributed by atoms with van der Waals surface area (Å²) in [6.07, 6.45) is 8.82. The first-order valence-corrected chi connectivity index (χ1v) is 10.7. The molecule has 1 aliphatic heterocycles. The van der Waals surface area contributed by atoms with E-state index in [1.54, 1.807) is 24.5 Å². The number of unbranched alkanes of at least 4 members (excludes halogenated alkanes) is 3. The first-order valence-electron chi connectivity index (χ1n) is 10.7. The third-order valence-corrected chi connectivity index (χ3v) is 5.63. The van der Waals surface area contributed by atoms with E-state index in [0.717, 1.165) is 63.0 Å². The molecular weight excluding hydrogens is 382 g/mol. The number of hydrogen-bond donors (Lipinski definition) is 3. The second kappa shape index (κ2) is 11.7. The van der Waals surface area contributed by atoms with Crippen LogP contribution in [0.15, 0.2) is 41.8 Å². The van der Waals surface area contributed by atoms with E-state index >= 15 is 0 Å². The summed E-state index contributed by atoms with van der Waals surface area (Å²) in [5, 5.41) is 25.7. The van der Waals surface area contributed by atoms with Gasteiger partial charge < -0.3 is 15.5 Å².